The van der Waals surface area contributed by atoms with Gasteiger partial charge in [0.05, 0.1) is 13.2 Å². The van der Waals surface area contributed by atoms with E-state index in [1.54, 1.807) is 0 Å². The average molecular weight is 179 g/mol. The second kappa shape index (κ2) is 4.42. The average Bonchev–Trinajstić information content (AvgIpc) is 2.40. The van der Waals surface area contributed by atoms with Gasteiger partial charge in [0.25, 0.3) is 0 Å². The molecule has 0 aromatic heterocycles. The Morgan fingerprint density at radius 1 is 1.73 bits per heavy atom. The molecule has 0 aromatic carbocycles. The summed E-state index contributed by atoms with van der Waals surface area (Å²) in [5.41, 5.74) is 0. The molecule has 1 fully saturated rings. The van der Waals surface area contributed by atoms with Crippen molar-refractivity contribution in [3.05, 3.63) is 0 Å². The van der Waals surface area contributed by atoms with Gasteiger partial charge in [0.15, 0.2) is 0 Å². The van der Waals surface area contributed by atoms with Gasteiger partial charge in [-0.25, -0.2) is 4.79 Å². The lowest BCUT2D eigenvalue weighted by Crippen LogP contribution is -2.21. The van der Waals surface area contributed by atoms with E-state index in [1.165, 1.54) is 0 Å². The quantitative estimate of drug-likeness (QED) is 0.362. The Hall–Kier alpha value is -0.460. The summed E-state index contributed by atoms with van der Waals surface area (Å²) in [5, 5.41) is 0. The van der Waals surface area contributed by atoms with E-state index in [9.17, 15) is 4.79 Å². The highest BCUT2D eigenvalue weighted by molar-refractivity contribution is 7.77. The molecular weight excluding hydrogens is 170 g/mol. The summed E-state index contributed by atoms with van der Waals surface area (Å²) in [6, 6.07) is 0. The van der Waals surface area contributed by atoms with Crippen LogP contribution in [-0.4, -0.2) is 25.5 Å². The van der Waals surface area contributed by atoms with Gasteiger partial charge in [-0.05, 0) is 0 Å². The van der Waals surface area contributed by atoms with E-state index >= 15 is 0 Å². The zero-order valence-electron chi connectivity index (χ0n) is 5.78. The van der Waals surface area contributed by atoms with Crippen LogP contribution in [0, 0.1) is 0 Å². The zero-order valence-corrected chi connectivity index (χ0v) is 6.67. The maximum atomic E-state index is 10.6. The van der Waals surface area contributed by atoms with Crippen LogP contribution in [-0.2, 0) is 14.3 Å². The molecule has 0 amide bonds. The number of carbonyl (C=O) groups excluding carboxylic acids is 1. The van der Waals surface area contributed by atoms with Crippen LogP contribution in [0.5, 0.6) is 0 Å². The fraction of sp³-hybridized carbons (Fsp3) is 0.800. The predicted octanol–water partition coefficient (Wildman–Crippen LogP) is 0.278. The maximum absolute atomic E-state index is 10.6. The first-order valence-corrected chi connectivity index (χ1v) is 3.62. The Morgan fingerprint density at radius 3 is 3.09 bits per heavy atom. The Morgan fingerprint density at radius 2 is 2.55 bits per heavy atom. The lowest BCUT2D eigenvalue weighted by atomic mass is 10.3. The van der Waals surface area contributed by atoms with Crippen molar-refractivity contribution < 1.29 is 19.1 Å². The first-order valence-electron chi connectivity index (χ1n) is 3.17. The van der Waals surface area contributed by atoms with Gasteiger partial charge in [0, 0.05) is 6.42 Å². The van der Waals surface area contributed by atoms with Gasteiger partial charge >= 0.3 is 6.16 Å². The minimum absolute atomic E-state index is 0.177. The highest BCUT2D eigenvalue weighted by Crippen LogP contribution is 2.08. The summed E-state index contributed by atoms with van der Waals surface area (Å²) in [7, 11) is 0. The fourth-order valence-electron chi connectivity index (χ4n) is 0.803. The molecule has 11 heavy (non-hydrogen) atoms. The Balaban J connectivity index is 2.13. The van der Waals surface area contributed by atoms with Crippen LogP contribution in [0.4, 0.5) is 4.79 Å². The molecule has 64 valence electrons. The summed E-state index contributed by atoms with van der Waals surface area (Å²) < 4.78 is 9.72. The van der Waals surface area contributed by atoms with Crippen molar-refractivity contribution in [3.63, 3.8) is 0 Å². The molecule has 1 aliphatic rings. The van der Waals surface area contributed by atoms with E-state index in [-0.39, 0.29) is 6.10 Å². The third-order valence-electron chi connectivity index (χ3n) is 1.28. The van der Waals surface area contributed by atoms with Crippen LogP contribution in [0.1, 0.15) is 6.42 Å². The highest BCUT2D eigenvalue weighted by atomic mass is 32.1. The second-order valence-corrected chi connectivity index (χ2v) is 2.23. The smallest absolute Gasteiger partial charge is 0.427 e. The summed E-state index contributed by atoms with van der Waals surface area (Å²) in [5.74, 6) is 0. The number of ether oxygens (including phenoxy) is 2. The molecule has 1 saturated heterocycles. The third-order valence-corrected chi connectivity index (χ3v) is 1.37. The lowest BCUT2D eigenvalue weighted by molar-refractivity contribution is 0.00996. The maximum Gasteiger partial charge on any atom is 0.528 e. The van der Waals surface area contributed by atoms with Crippen molar-refractivity contribution >= 4 is 19.0 Å². The monoisotopic (exact) mass is 179 g/mol. The van der Waals surface area contributed by atoms with Crippen molar-refractivity contribution in [2.45, 2.75) is 12.5 Å². The molecule has 1 atom stereocenters. The van der Waals surface area contributed by atoms with Crippen LogP contribution in [0.15, 0.2) is 0 Å². The molecule has 0 spiro atoms. The molecule has 0 saturated carbocycles. The predicted molar refractivity (Wildman–Crippen MR) is 38.9 cm³/mol. The van der Waals surface area contributed by atoms with Crippen molar-refractivity contribution in [3.8, 4) is 0 Å². The summed E-state index contributed by atoms with van der Waals surface area (Å²) in [6.07, 6.45) is -0.235. The van der Waals surface area contributed by atoms with E-state index < -0.39 is 6.16 Å². The van der Waals surface area contributed by atoms with Gasteiger partial charge in [0.1, 0.15) is 6.10 Å². The highest BCUT2D eigenvalue weighted by Gasteiger charge is 2.20. The van der Waals surface area contributed by atoms with Gasteiger partial charge in [0.2, 0.25) is 0 Å². The molecule has 0 aliphatic carbocycles. The van der Waals surface area contributed by atoms with Gasteiger partial charge in [-0.2, -0.15) is 0 Å². The van der Waals surface area contributed by atoms with Crippen LogP contribution >= 0.6 is 12.8 Å². The van der Waals surface area contributed by atoms with Crippen molar-refractivity contribution in [1.29, 1.82) is 0 Å². The Kier molecular flexibility index (Phi) is 3.47. The molecule has 1 rings (SSSR count). The molecule has 5 nitrogen and oxygen atoms in total. The van der Waals surface area contributed by atoms with Crippen molar-refractivity contribution in [2.24, 2.45) is 0 Å². The molecule has 0 bridgehead atoms. The topological polar surface area (TPSA) is 56.8 Å². The number of hydrogen-bond acceptors (Lipinski definition) is 6. The molecule has 0 radical (unpaired) electrons. The van der Waals surface area contributed by atoms with Crippen LogP contribution in [0.3, 0.4) is 0 Å². The van der Waals surface area contributed by atoms with Crippen LogP contribution in [0.25, 0.3) is 0 Å². The molecule has 6 heteroatoms. The molecular formula is C5H9NO4S. The van der Waals surface area contributed by atoms with Crippen LogP contribution < -0.4 is 4.89 Å². The SMILES string of the molecule is O=C(ONS)OC1CCOC1. The first-order chi connectivity index (χ1) is 5.33. The number of nitrogens with one attached hydrogen (secondary N) is 1. The van der Waals surface area contributed by atoms with E-state index in [0.717, 1.165) is 6.42 Å². The zero-order chi connectivity index (χ0) is 8.10. The molecule has 1 heterocycles. The second-order valence-electron chi connectivity index (χ2n) is 2.05. The number of hydrogen-bond donors (Lipinski definition) is 2. The minimum Gasteiger partial charge on any atom is -0.427 e. The first kappa shape index (κ1) is 8.63. The molecule has 1 N–H and O–H groups in total. The lowest BCUT2D eigenvalue weighted by Gasteiger charge is -2.07. The Labute approximate surface area is 69.5 Å². The van der Waals surface area contributed by atoms with Crippen molar-refractivity contribution in [2.75, 3.05) is 13.2 Å². The summed E-state index contributed by atoms with van der Waals surface area (Å²) >= 11 is 3.45. The fourth-order valence-corrected chi connectivity index (χ4v) is 0.878. The Bertz CT molecular complexity index is 136. The van der Waals surface area contributed by atoms with Crippen molar-refractivity contribution in [1.82, 2.24) is 4.89 Å². The van der Waals surface area contributed by atoms with Gasteiger partial charge in [-0.3, -0.25) is 0 Å². The molecule has 1 aliphatic heterocycles. The summed E-state index contributed by atoms with van der Waals surface area (Å²) in [6.45, 7) is 1.08. The summed E-state index contributed by atoms with van der Waals surface area (Å²) in [4.78, 5) is 16.7. The van der Waals surface area contributed by atoms with E-state index in [2.05, 4.69) is 17.7 Å². The van der Waals surface area contributed by atoms with Gasteiger partial charge in [-0.1, -0.05) is 17.7 Å². The molecule has 1 unspecified atom stereocenters. The minimum atomic E-state index is -0.782. The molecule has 0 aromatic rings. The van der Waals surface area contributed by atoms with E-state index in [0.29, 0.717) is 13.2 Å². The van der Waals surface area contributed by atoms with E-state index in [4.69, 9.17) is 9.47 Å². The number of thiol groups is 1. The van der Waals surface area contributed by atoms with Gasteiger partial charge < -0.3 is 14.3 Å². The number of carbonyl (C=O) groups is 1. The largest absolute Gasteiger partial charge is 0.528 e. The third kappa shape index (κ3) is 2.96. The van der Waals surface area contributed by atoms with Crippen LogP contribution in [0.2, 0.25) is 0 Å². The van der Waals surface area contributed by atoms with E-state index in [1.807, 2.05) is 4.89 Å². The normalized spacial score (nSPS) is 23.2. The standard InChI is InChI=1S/C5H9NO4S/c7-5(10-6-11)9-4-1-2-8-3-4/h4,6,11H,1-3H2. The van der Waals surface area contributed by atoms with Gasteiger partial charge in [-0.15, -0.1) is 0 Å². The number of rotatable bonds is 2.